The molecular weight excluding hydrogens is 253 g/mol. The summed E-state index contributed by atoms with van der Waals surface area (Å²) >= 11 is 0. The van der Waals surface area contributed by atoms with E-state index in [1.807, 2.05) is 0 Å². The van der Waals surface area contributed by atoms with Gasteiger partial charge in [0.05, 0.1) is 4.90 Å². The number of benzene rings is 2. The minimum Gasteiger partial charge on any atom is -0.744 e. The Morgan fingerprint density at radius 1 is 1.00 bits per heavy atom. The second kappa shape index (κ2) is 5.81. The van der Waals surface area contributed by atoms with Crippen molar-refractivity contribution in [3.05, 3.63) is 36.4 Å². The first-order chi connectivity index (χ1) is 7.00. The van der Waals surface area contributed by atoms with Crippen molar-refractivity contribution in [1.29, 1.82) is 0 Å². The number of rotatable bonds is 1. The van der Waals surface area contributed by atoms with Gasteiger partial charge >= 0.3 is 29.6 Å². The Morgan fingerprint density at radius 2 is 1.53 bits per heavy atom. The maximum Gasteiger partial charge on any atom is 1.00 e. The van der Waals surface area contributed by atoms with Gasteiger partial charge in [0.2, 0.25) is 0 Å². The summed E-state index contributed by atoms with van der Waals surface area (Å²) in [5.74, 6) is 0. The van der Waals surface area contributed by atoms with Gasteiger partial charge in [0, 0.05) is 16.5 Å². The Labute approximate surface area is 121 Å². The van der Waals surface area contributed by atoms with Crippen molar-refractivity contribution in [3.8, 4) is 0 Å². The van der Waals surface area contributed by atoms with Crippen LogP contribution in [0, 0.1) is 0 Å². The van der Waals surface area contributed by atoms with Crippen molar-refractivity contribution in [3.63, 3.8) is 0 Å². The van der Waals surface area contributed by atoms with Gasteiger partial charge in [0.1, 0.15) is 10.1 Å². The van der Waals surface area contributed by atoms with E-state index in [0.29, 0.717) is 16.5 Å². The molecule has 0 spiro atoms. The molecule has 2 rings (SSSR count). The quantitative estimate of drug-likeness (QED) is 0.348. The molecule has 0 amide bonds. The monoisotopic (exact) mass is 263 g/mol. The molecule has 86 valence electrons. The van der Waals surface area contributed by atoms with Crippen LogP contribution in [0.3, 0.4) is 0 Å². The molecule has 0 atom stereocenters. The van der Waals surface area contributed by atoms with Gasteiger partial charge in [-0.25, -0.2) is 8.42 Å². The summed E-state index contributed by atoms with van der Waals surface area (Å²) < 4.78 is 32.9. The molecule has 0 bridgehead atoms. The van der Waals surface area contributed by atoms with Crippen molar-refractivity contribution in [1.82, 2.24) is 0 Å². The van der Waals surface area contributed by atoms with Crippen molar-refractivity contribution in [2.45, 2.75) is 4.90 Å². The van der Waals surface area contributed by atoms with Crippen LogP contribution in [0.15, 0.2) is 41.3 Å². The molecular formula is C10H10NNaO4S. The third-order valence-electron chi connectivity index (χ3n) is 2.19. The van der Waals surface area contributed by atoms with Crippen LogP contribution in [0.1, 0.15) is 0 Å². The zero-order chi connectivity index (χ0) is 11.1. The van der Waals surface area contributed by atoms with Crippen LogP contribution in [0.5, 0.6) is 0 Å². The number of fused-ring (bicyclic) bond motifs is 1. The minimum atomic E-state index is -4.45. The molecule has 0 aliphatic rings. The molecule has 0 fully saturated rings. The van der Waals surface area contributed by atoms with Crippen LogP contribution in [-0.4, -0.2) is 18.4 Å². The maximum atomic E-state index is 11.0. The van der Waals surface area contributed by atoms with E-state index >= 15 is 0 Å². The smallest absolute Gasteiger partial charge is 0.744 e. The van der Waals surface area contributed by atoms with Gasteiger partial charge in [-0.1, -0.05) is 24.3 Å². The molecule has 4 N–H and O–H groups in total. The molecule has 0 aliphatic heterocycles. The third kappa shape index (κ3) is 3.19. The fourth-order valence-electron chi connectivity index (χ4n) is 1.51. The maximum absolute atomic E-state index is 11.0. The Kier molecular flexibility index (Phi) is 5.60. The summed E-state index contributed by atoms with van der Waals surface area (Å²) in [4.78, 5) is -0.229. The van der Waals surface area contributed by atoms with Gasteiger partial charge in [-0.3, -0.25) is 0 Å². The minimum absolute atomic E-state index is 0. The molecule has 2 aromatic carbocycles. The molecule has 0 heterocycles. The van der Waals surface area contributed by atoms with E-state index in [0.717, 1.165) is 0 Å². The van der Waals surface area contributed by atoms with Crippen LogP contribution in [0.2, 0.25) is 0 Å². The second-order valence-corrected chi connectivity index (χ2v) is 4.50. The van der Waals surface area contributed by atoms with E-state index in [1.54, 1.807) is 24.3 Å². The zero-order valence-electron chi connectivity index (χ0n) is 9.17. The first kappa shape index (κ1) is 16.4. The predicted octanol–water partition coefficient (Wildman–Crippen LogP) is -2.49. The standard InChI is InChI=1S/C10H9NO3S.Na.H2O/c11-9-5-6-10(15(12,13)14)8-4-2-1-3-7(8)9;;/h1-6H,11H2,(H,12,13,14);;1H2/q;+1;/p-1. The van der Waals surface area contributed by atoms with Crippen molar-refractivity contribution in [2.75, 3.05) is 5.73 Å². The Balaban J connectivity index is 0.00000128. The number of hydrogen-bond acceptors (Lipinski definition) is 4. The van der Waals surface area contributed by atoms with Crippen LogP contribution in [0.4, 0.5) is 5.69 Å². The summed E-state index contributed by atoms with van der Waals surface area (Å²) in [5, 5.41) is 0.946. The second-order valence-electron chi connectivity index (χ2n) is 3.15. The molecule has 0 saturated heterocycles. The predicted molar refractivity (Wildman–Crippen MR) is 59.9 cm³/mol. The largest absolute Gasteiger partial charge is 1.00 e. The average Bonchev–Trinajstić information content (AvgIpc) is 2.17. The van der Waals surface area contributed by atoms with Crippen LogP contribution < -0.4 is 35.3 Å². The fourth-order valence-corrected chi connectivity index (χ4v) is 2.19. The summed E-state index contributed by atoms with van der Waals surface area (Å²) in [7, 11) is -4.45. The molecule has 0 saturated carbocycles. The number of nitrogens with two attached hydrogens (primary N) is 1. The summed E-state index contributed by atoms with van der Waals surface area (Å²) in [5.41, 5.74) is 6.13. The summed E-state index contributed by atoms with van der Waals surface area (Å²) in [6, 6.07) is 9.30. The van der Waals surface area contributed by atoms with Crippen LogP contribution in [-0.2, 0) is 10.1 Å². The molecule has 2 aromatic rings. The normalized spacial score (nSPS) is 10.4. The molecule has 0 radical (unpaired) electrons. The van der Waals surface area contributed by atoms with Gasteiger partial charge in [0.25, 0.3) is 0 Å². The van der Waals surface area contributed by atoms with E-state index in [2.05, 4.69) is 0 Å². The van der Waals surface area contributed by atoms with E-state index in [9.17, 15) is 13.0 Å². The van der Waals surface area contributed by atoms with Gasteiger partial charge < -0.3 is 15.8 Å². The van der Waals surface area contributed by atoms with E-state index < -0.39 is 10.1 Å². The summed E-state index contributed by atoms with van der Waals surface area (Å²) in [6.45, 7) is 0. The Hall–Kier alpha value is -0.630. The van der Waals surface area contributed by atoms with E-state index in [4.69, 9.17) is 5.73 Å². The Morgan fingerprint density at radius 3 is 2.06 bits per heavy atom. The molecule has 0 aromatic heterocycles. The average molecular weight is 263 g/mol. The van der Waals surface area contributed by atoms with E-state index in [-0.39, 0.29) is 39.9 Å². The number of anilines is 1. The van der Waals surface area contributed by atoms with Crippen LogP contribution >= 0.6 is 0 Å². The van der Waals surface area contributed by atoms with E-state index in [1.165, 1.54) is 12.1 Å². The third-order valence-corrected chi connectivity index (χ3v) is 3.08. The van der Waals surface area contributed by atoms with Gasteiger partial charge in [-0.15, -0.1) is 0 Å². The molecule has 17 heavy (non-hydrogen) atoms. The number of nitrogen functional groups attached to an aromatic ring is 1. The molecule has 0 aliphatic carbocycles. The molecule has 7 heteroatoms. The van der Waals surface area contributed by atoms with Gasteiger partial charge in [-0.2, -0.15) is 0 Å². The molecule has 0 unspecified atom stereocenters. The summed E-state index contributed by atoms with van der Waals surface area (Å²) in [6.07, 6.45) is 0. The topological polar surface area (TPSA) is 115 Å². The SMILES string of the molecule is Nc1ccc(S(=O)(=O)[O-])c2ccccc12.O.[Na+]. The number of hydrogen-bond donors (Lipinski definition) is 1. The fraction of sp³-hybridized carbons (Fsp3) is 0. The van der Waals surface area contributed by atoms with Gasteiger partial charge in [-0.05, 0) is 12.1 Å². The zero-order valence-corrected chi connectivity index (χ0v) is 12.0. The van der Waals surface area contributed by atoms with Crippen molar-refractivity contribution < 1.29 is 48.0 Å². The first-order valence-corrected chi connectivity index (χ1v) is 5.64. The first-order valence-electron chi connectivity index (χ1n) is 4.23. The Bertz CT molecular complexity index is 627. The molecule has 5 nitrogen and oxygen atoms in total. The van der Waals surface area contributed by atoms with Crippen molar-refractivity contribution >= 4 is 26.6 Å². The van der Waals surface area contributed by atoms with Crippen molar-refractivity contribution in [2.24, 2.45) is 0 Å². The van der Waals surface area contributed by atoms with Crippen LogP contribution in [0.25, 0.3) is 10.8 Å². The van der Waals surface area contributed by atoms with Gasteiger partial charge in [0.15, 0.2) is 0 Å².